The van der Waals surface area contributed by atoms with E-state index in [0.29, 0.717) is 5.13 Å². The Labute approximate surface area is 108 Å². The first-order valence-corrected chi connectivity index (χ1v) is 6.17. The van der Waals surface area contributed by atoms with Gasteiger partial charge in [0.15, 0.2) is 0 Å². The number of hydrogen-bond donors (Lipinski definition) is 1. The molecule has 0 radical (unpaired) electrons. The molecule has 0 saturated carbocycles. The lowest BCUT2D eigenvalue weighted by molar-refractivity contribution is 0.0660. The minimum absolute atomic E-state index is 0.179. The van der Waals surface area contributed by atoms with E-state index in [4.69, 9.17) is 9.57 Å². The predicted molar refractivity (Wildman–Crippen MR) is 68.2 cm³/mol. The molecule has 0 fully saturated rings. The Kier molecular flexibility index (Phi) is 4.14. The Morgan fingerprint density at radius 1 is 1.39 bits per heavy atom. The first-order chi connectivity index (χ1) is 8.74. The van der Waals surface area contributed by atoms with E-state index in [9.17, 15) is 4.79 Å². The third-order valence-electron chi connectivity index (χ3n) is 2.04. The first kappa shape index (κ1) is 12.4. The highest BCUT2D eigenvalue weighted by Crippen LogP contribution is 2.14. The number of thiazole rings is 1. The van der Waals surface area contributed by atoms with Crippen LogP contribution in [-0.2, 0) is 16.2 Å². The number of benzene rings is 1. The van der Waals surface area contributed by atoms with E-state index >= 15 is 0 Å². The van der Waals surface area contributed by atoms with Gasteiger partial charge in [-0.15, -0.1) is 11.3 Å². The molecule has 94 valence electrons. The van der Waals surface area contributed by atoms with Gasteiger partial charge in [-0.25, -0.2) is 9.78 Å². The molecular formula is C12H12N2O3S. The quantitative estimate of drug-likeness (QED) is 0.679. The van der Waals surface area contributed by atoms with Crippen LogP contribution in [0.4, 0.5) is 9.93 Å². The lowest BCUT2D eigenvalue weighted by atomic mass is 10.2. The van der Waals surface area contributed by atoms with Crippen LogP contribution in [0.3, 0.4) is 0 Å². The van der Waals surface area contributed by atoms with Crippen molar-refractivity contribution in [1.29, 1.82) is 0 Å². The first-order valence-electron chi connectivity index (χ1n) is 5.30. The van der Waals surface area contributed by atoms with E-state index in [0.717, 1.165) is 11.3 Å². The van der Waals surface area contributed by atoms with Crippen molar-refractivity contribution in [1.82, 2.24) is 4.98 Å². The number of carbonyl (C=O) groups excluding carboxylic acids is 1. The number of aryl methyl sites for hydroxylation is 1. The van der Waals surface area contributed by atoms with E-state index in [1.165, 1.54) is 11.3 Å². The zero-order valence-electron chi connectivity index (χ0n) is 9.75. The second-order valence-electron chi connectivity index (χ2n) is 3.52. The smallest absolute Gasteiger partial charge is 0.428 e. The Morgan fingerprint density at radius 2 is 2.17 bits per heavy atom. The maximum absolute atomic E-state index is 11.3. The highest BCUT2D eigenvalue weighted by Gasteiger charge is 2.06. The van der Waals surface area contributed by atoms with Crippen molar-refractivity contribution in [2.24, 2.45) is 0 Å². The Morgan fingerprint density at radius 3 is 2.83 bits per heavy atom. The van der Waals surface area contributed by atoms with Crippen molar-refractivity contribution in [3.05, 3.63) is 47.0 Å². The molecule has 0 spiro atoms. The number of carbonyl (C=O) groups is 1. The van der Waals surface area contributed by atoms with Gasteiger partial charge in [0.1, 0.15) is 6.61 Å². The van der Waals surface area contributed by atoms with Crippen LogP contribution in [-0.4, -0.2) is 11.1 Å². The minimum atomic E-state index is -0.785. The van der Waals surface area contributed by atoms with Crippen molar-refractivity contribution < 1.29 is 14.4 Å². The van der Waals surface area contributed by atoms with Crippen LogP contribution < -0.4 is 5.48 Å². The van der Waals surface area contributed by atoms with Gasteiger partial charge in [0.2, 0.25) is 5.13 Å². The van der Waals surface area contributed by atoms with Crippen LogP contribution in [0.1, 0.15) is 11.3 Å². The monoisotopic (exact) mass is 264 g/mol. The van der Waals surface area contributed by atoms with Crippen LogP contribution in [0.25, 0.3) is 0 Å². The van der Waals surface area contributed by atoms with Crippen molar-refractivity contribution in [2.45, 2.75) is 13.5 Å². The third kappa shape index (κ3) is 3.74. The molecular weight excluding hydrogens is 252 g/mol. The summed E-state index contributed by atoms with van der Waals surface area (Å²) in [4.78, 5) is 20.0. The van der Waals surface area contributed by atoms with Gasteiger partial charge < -0.3 is 9.57 Å². The predicted octanol–water partition coefficient (Wildman–Crippen LogP) is 3.13. The summed E-state index contributed by atoms with van der Waals surface area (Å²) in [7, 11) is 0. The number of ether oxygens (including phenoxy) is 1. The summed E-state index contributed by atoms with van der Waals surface area (Å²) in [6.45, 7) is 2.04. The minimum Gasteiger partial charge on any atom is -0.428 e. The normalized spacial score (nSPS) is 9.83. The summed E-state index contributed by atoms with van der Waals surface area (Å²) in [5.41, 5.74) is 4.20. The fourth-order valence-corrected chi connectivity index (χ4v) is 1.85. The van der Waals surface area contributed by atoms with Gasteiger partial charge in [0.05, 0.1) is 5.69 Å². The van der Waals surface area contributed by atoms with Crippen molar-refractivity contribution in [3.8, 4) is 0 Å². The van der Waals surface area contributed by atoms with Gasteiger partial charge in [-0.3, -0.25) is 0 Å². The molecule has 0 aliphatic carbocycles. The molecule has 0 aliphatic rings. The summed E-state index contributed by atoms with van der Waals surface area (Å²) in [5.74, 6) is 0. The molecule has 5 nitrogen and oxygen atoms in total. The average Bonchev–Trinajstić information content (AvgIpc) is 2.81. The van der Waals surface area contributed by atoms with Crippen molar-refractivity contribution in [3.63, 3.8) is 0 Å². The molecule has 2 aromatic rings. The van der Waals surface area contributed by atoms with Crippen molar-refractivity contribution >= 4 is 22.6 Å². The number of aromatic nitrogens is 1. The maximum atomic E-state index is 11.3. The van der Waals surface area contributed by atoms with E-state index in [1.807, 2.05) is 42.6 Å². The number of anilines is 1. The van der Waals surface area contributed by atoms with Gasteiger partial charge in [-0.2, -0.15) is 5.48 Å². The standard InChI is InChI=1S/C12H12N2O3S/c1-9-8-18-11(13-9)14-17-12(15)16-7-10-5-3-2-4-6-10/h2-6,8H,7H2,1H3,(H,13,14). The molecule has 0 unspecified atom stereocenters. The summed E-state index contributed by atoms with van der Waals surface area (Å²) < 4.78 is 4.91. The maximum Gasteiger partial charge on any atom is 0.533 e. The van der Waals surface area contributed by atoms with Gasteiger partial charge in [-0.1, -0.05) is 30.3 Å². The highest BCUT2D eigenvalue weighted by atomic mass is 32.1. The highest BCUT2D eigenvalue weighted by molar-refractivity contribution is 7.13. The van der Waals surface area contributed by atoms with Crippen LogP contribution in [0.5, 0.6) is 0 Å². The molecule has 1 N–H and O–H groups in total. The molecule has 1 heterocycles. The van der Waals surface area contributed by atoms with Crippen LogP contribution in [0, 0.1) is 6.92 Å². The zero-order chi connectivity index (χ0) is 12.8. The fourth-order valence-electron chi connectivity index (χ4n) is 1.23. The van der Waals surface area contributed by atoms with Crippen LogP contribution >= 0.6 is 11.3 Å². The Bertz CT molecular complexity index is 513. The van der Waals surface area contributed by atoms with Crippen molar-refractivity contribution in [2.75, 3.05) is 5.48 Å². The SMILES string of the molecule is Cc1csc(NOC(=O)OCc2ccccc2)n1. The molecule has 0 atom stereocenters. The molecule has 18 heavy (non-hydrogen) atoms. The average molecular weight is 264 g/mol. The van der Waals surface area contributed by atoms with Crippen LogP contribution in [0.15, 0.2) is 35.7 Å². The lowest BCUT2D eigenvalue weighted by Gasteiger charge is -2.05. The number of nitrogens with one attached hydrogen (secondary N) is 1. The molecule has 6 heteroatoms. The molecule has 0 saturated heterocycles. The number of nitrogens with zero attached hydrogens (tertiary/aromatic N) is 1. The topological polar surface area (TPSA) is 60.5 Å². The Balaban J connectivity index is 1.73. The second kappa shape index (κ2) is 6.02. The number of hydrogen-bond acceptors (Lipinski definition) is 6. The van der Waals surface area contributed by atoms with Gasteiger partial charge in [0, 0.05) is 5.38 Å². The van der Waals surface area contributed by atoms with E-state index in [1.54, 1.807) is 0 Å². The summed E-state index contributed by atoms with van der Waals surface area (Å²) >= 11 is 1.35. The third-order valence-corrected chi connectivity index (χ3v) is 2.90. The summed E-state index contributed by atoms with van der Waals surface area (Å²) in [5, 5.41) is 2.37. The lowest BCUT2D eigenvalue weighted by Crippen LogP contribution is -2.12. The van der Waals surface area contributed by atoms with E-state index < -0.39 is 6.16 Å². The fraction of sp³-hybridized carbons (Fsp3) is 0.167. The largest absolute Gasteiger partial charge is 0.533 e. The van der Waals surface area contributed by atoms with Crippen LogP contribution in [0.2, 0.25) is 0 Å². The van der Waals surface area contributed by atoms with E-state index in [2.05, 4.69) is 10.5 Å². The molecule has 1 aromatic heterocycles. The molecule has 0 amide bonds. The van der Waals surface area contributed by atoms with Gasteiger partial charge in [0.25, 0.3) is 0 Å². The molecule has 0 bridgehead atoms. The second-order valence-corrected chi connectivity index (χ2v) is 4.38. The zero-order valence-corrected chi connectivity index (χ0v) is 10.6. The van der Waals surface area contributed by atoms with E-state index in [-0.39, 0.29) is 6.61 Å². The molecule has 0 aliphatic heterocycles. The van der Waals surface area contributed by atoms with Gasteiger partial charge >= 0.3 is 6.16 Å². The van der Waals surface area contributed by atoms with Gasteiger partial charge in [-0.05, 0) is 12.5 Å². The molecule has 2 rings (SSSR count). The summed E-state index contributed by atoms with van der Waals surface area (Å²) in [6, 6.07) is 9.38. The summed E-state index contributed by atoms with van der Waals surface area (Å²) in [6.07, 6.45) is -0.785. The Hall–Kier alpha value is -2.08. The molecule has 1 aromatic carbocycles. The number of rotatable bonds is 4.